The van der Waals surface area contributed by atoms with Crippen molar-refractivity contribution in [3.63, 3.8) is 0 Å². The number of carbonyl (C=O) groups excluding carboxylic acids is 1. The van der Waals surface area contributed by atoms with Crippen molar-refractivity contribution in [2.75, 3.05) is 33.4 Å². The molecule has 3 N–H and O–H groups in total. The summed E-state index contributed by atoms with van der Waals surface area (Å²) in [5.41, 5.74) is 0.115. The first-order valence-electron chi connectivity index (χ1n) is 7.15. The molecular formula is C15H22N2O4. The van der Waals surface area contributed by atoms with E-state index in [4.69, 9.17) is 4.74 Å². The Hall–Kier alpha value is -1.79. The molecule has 1 aliphatic heterocycles. The van der Waals surface area contributed by atoms with Crippen LogP contribution >= 0.6 is 0 Å². The van der Waals surface area contributed by atoms with Crippen LogP contribution in [-0.4, -0.2) is 60.4 Å². The number of nitrogens with zero attached hydrogens (tertiary/aromatic N) is 1. The standard InChI is InChI=1S/C15H22N2O4/c1-21-8-7-17(10-11-3-2-6-16-11)15(20)13-9-12(18)4-5-14(13)19/h4-5,9,11,16,18-19H,2-3,6-8,10H2,1H3. The Balaban J connectivity index is 2.13. The molecule has 116 valence electrons. The van der Waals surface area contributed by atoms with Crippen LogP contribution in [0, 0.1) is 0 Å². The van der Waals surface area contributed by atoms with Gasteiger partial charge in [0.25, 0.3) is 5.91 Å². The monoisotopic (exact) mass is 294 g/mol. The molecule has 1 fully saturated rings. The van der Waals surface area contributed by atoms with Gasteiger partial charge >= 0.3 is 0 Å². The zero-order chi connectivity index (χ0) is 15.2. The molecule has 0 radical (unpaired) electrons. The smallest absolute Gasteiger partial charge is 0.257 e. The molecule has 0 aromatic heterocycles. The number of carbonyl (C=O) groups is 1. The summed E-state index contributed by atoms with van der Waals surface area (Å²) in [4.78, 5) is 14.2. The second kappa shape index (κ2) is 7.28. The van der Waals surface area contributed by atoms with Gasteiger partial charge in [-0.2, -0.15) is 0 Å². The third-order valence-corrected chi connectivity index (χ3v) is 3.67. The van der Waals surface area contributed by atoms with Crippen LogP contribution in [0.3, 0.4) is 0 Å². The van der Waals surface area contributed by atoms with E-state index in [1.165, 1.54) is 18.2 Å². The second-order valence-electron chi connectivity index (χ2n) is 5.24. The van der Waals surface area contributed by atoms with Gasteiger partial charge in [-0.25, -0.2) is 0 Å². The molecule has 1 amide bonds. The summed E-state index contributed by atoms with van der Waals surface area (Å²) >= 11 is 0. The quantitative estimate of drug-likeness (QED) is 0.680. The summed E-state index contributed by atoms with van der Waals surface area (Å²) in [5.74, 6) is -0.462. The van der Waals surface area contributed by atoms with Crippen LogP contribution < -0.4 is 5.32 Å². The van der Waals surface area contributed by atoms with E-state index in [2.05, 4.69) is 5.32 Å². The SMILES string of the molecule is COCCN(CC1CCCN1)C(=O)c1cc(O)ccc1O. The van der Waals surface area contributed by atoms with Gasteiger partial charge in [0.1, 0.15) is 11.5 Å². The minimum atomic E-state index is -0.297. The van der Waals surface area contributed by atoms with E-state index < -0.39 is 0 Å². The van der Waals surface area contributed by atoms with Crippen molar-refractivity contribution in [3.05, 3.63) is 23.8 Å². The number of hydrogen-bond acceptors (Lipinski definition) is 5. The van der Waals surface area contributed by atoms with Gasteiger partial charge in [-0.3, -0.25) is 4.79 Å². The Morgan fingerprint density at radius 1 is 1.48 bits per heavy atom. The predicted octanol–water partition coefficient (Wildman–Crippen LogP) is 0.938. The number of hydrogen-bond donors (Lipinski definition) is 3. The zero-order valence-electron chi connectivity index (χ0n) is 12.2. The lowest BCUT2D eigenvalue weighted by Gasteiger charge is -2.26. The van der Waals surface area contributed by atoms with Gasteiger partial charge in [-0.15, -0.1) is 0 Å². The fraction of sp³-hybridized carbons (Fsp3) is 0.533. The average molecular weight is 294 g/mol. The van der Waals surface area contributed by atoms with E-state index in [-0.39, 0.29) is 29.0 Å². The molecule has 0 bridgehead atoms. The maximum absolute atomic E-state index is 12.6. The number of nitrogens with one attached hydrogen (secondary N) is 1. The van der Waals surface area contributed by atoms with E-state index in [1.54, 1.807) is 12.0 Å². The molecule has 6 heteroatoms. The summed E-state index contributed by atoms with van der Waals surface area (Å²) < 4.78 is 5.05. The Morgan fingerprint density at radius 3 is 2.95 bits per heavy atom. The van der Waals surface area contributed by atoms with E-state index in [0.717, 1.165) is 19.4 Å². The lowest BCUT2D eigenvalue weighted by Crippen LogP contribution is -2.42. The molecule has 6 nitrogen and oxygen atoms in total. The maximum Gasteiger partial charge on any atom is 0.257 e. The minimum Gasteiger partial charge on any atom is -0.508 e. The summed E-state index contributed by atoms with van der Waals surface area (Å²) in [7, 11) is 1.59. The van der Waals surface area contributed by atoms with Gasteiger partial charge in [0.05, 0.1) is 12.2 Å². The third kappa shape index (κ3) is 4.09. The number of amides is 1. The summed E-state index contributed by atoms with van der Waals surface area (Å²) in [6.45, 7) is 2.41. The van der Waals surface area contributed by atoms with Crippen LogP contribution in [0.4, 0.5) is 0 Å². The molecule has 1 unspecified atom stereocenters. The number of benzene rings is 1. The lowest BCUT2D eigenvalue weighted by molar-refractivity contribution is 0.0676. The largest absolute Gasteiger partial charge is 0.508 e. The third-order valence-electron chi connectivity index (χ3n) is 3.67. The van der Waals surface area contributed by atoms with Crippen molar-refractivity contribution in [1.82, 2.24) is 10.2 Å². The van der Waals surface area contributed by atoms with Gasteiger partial charge in [-0.05, 0) is 37.6 Å². The van der Waals surface area contributed by atoms with Gasteiger partial charge in [0.2, 0.25) is 0 Å². The predicted molar refractivity (Wildman–Crippen MR) is 78.6 cm³/mol. The first-order chi connectivity index (χ1) is 10.1. The van der Waals surface area contributed by atoms with Crippen molar-refractivity contribution in [3.8, 4) is 11.5 Å². The number of rotatable bonds is 6. The van der Waals surface area contributed by atoms with Gasteiger partial charge in [-0.1, -0.05) is 0 Å². The molecule has 0 aliphatic carbocycles. The average Bonchev–Trinajstić information content (AvgIpc) is 2.98. The number of phenols is 2. The number of methoxy groups -OCH3 is 1. The molecule has 1 aromatic rings. The fourth-order valence-electron chi connectivity index (χ4n) is 2.52. The summed E-state index contributed by atoms with van der Waals surface area (Å²) in [6.07, 6.45) is 2.14. The maximum atomic E-state index is 12.6. The normalized spacial score (nSPS) is 17.9. The van der Waals surface area contributed by atoms with Crippen LogP contribution in [0.15, 0.2) is 18.2 Å². The van der Waals surface area contributed by atoms with Crippen LogP contribution in [0.1, 0.15) is 23.2 Å². The highest BCUT2D eigenvalue weighted by molar-refractivity contribution is 5.97. The van der Waals surface area contributed by atoms with Gasteiger partial charge in [0.15, 0.2) is 0 Å². The fourth-order valence-corrected chi connectivity index (χ4v) is 2.52. The zero-order valence-corrected chi connectivity index (χ0v) is 12.2. The molecule has 21 heavy (non-hydrogen) atoms. The molecule has 1 atom stereocenters. The highest BCUT2D eigenvalue weighted by Crippen LogP contribution is 2.24. The Kier molecular flexibility index (Phi) is 5.41. The van der Waals surface area contributed by atoms with E-state index in [0.29, 0.717) is 19.7 Å². The van der Waals surface area contributed by atoms with Crippen LogP contribution in [0.25, 0.3) is 0 Å². The van der Waals surface area contributed by atoms with Crippen molar-refractivity contribution in [1.29, 1.82) is 0 Å². The van der Waals surface area contributed by atoms with Crippen molar-refractivity contribution in [2.24, 2.45) is 0 Å². The molecule has 2 rings (SSSR count). The minimum absolute atomic E-state index is 0.0400. The topological polar surface area (TPSA) is 82.0 Å². The number of ether oxygens (including phenoxy) is 1. The molecule has 1 heterocycles. The molecule has 0 spiro atoms. The lowest BCUT2D eigenvalue weighted by atomic mass is 10.1. The molecule has 1 saturated heterocycles. The van der Waals surface area contributed by atoms with E-state index in [1.807, 2.05) is 0 Å². The number of phenolic OH excluding ortho intramolecular Hbond substituents is 2. The van der Waals surface area contributed by atoms with Gasteiger partial charge in [0, 0.05) is 26.2 Å². The first-order valence-corrected chi connectivity index (χ1v) is 7.15. The van der Waals surface area contributed by atoms with E-state index >= 15 is 0 Å². The highest BCUT2D eigenvalue weighted by Gasteiger charge is 2.24. The molecule has 1 aliphatic rings. The Morgan fingerprint density at radius 2 is 2.29 bits per heavy atom. The first kappa shape index (κ1) is 15.6. The summed E-state index contributed by atoms with van der Waals surface area (Å²) in [6, 6.07) is 4.24. The van der Waals surface area contributed by atoms with Crippen LogP contribution in [-0.2, 0) is 4.74 Å². The van der Waals surface area contributed by atoms with Gasteiger partial charge < -0.3 is 25.2 Å². The molecule has 1 aromatic carbocycles. The molecule has 0 saturated carbocycles. The second-order valence-corrected chi connectivity index (χ2v) is 5.24. The Bertz CT molecular complexity index is 487. The summed E-state index contributed by atoms with van der Waals surface area (Å²) in [5, 5.41) is 22.7. The van der Waals surface area contributed by atoms with Crippen molar-refractivity contribution in [2.45, 2.75) is 18.9 Å². The van der Waals surface area contributed by atoms with Crippen LogP contribution in [0.2, 0.25) is 0 Å². The van der Waals surface area contributed by atoms with Crippen LogP contribution in [0.5, 0.6) is 11.5 Å². The van der Waals surface area contributed by atoms with Crippen molar-refractivity contribution >= 4 is 5.91 Å². The molecular weight excluding hydrogens is 272 g/mol. The van der Waals surface area contributed by atoms with E-state index in [9.17, 15) is 15.0 Å². The Labute approximate surface area is 124 Å². The van der Waals surface area contributed by atoms with Crippen molar-refractivity contribution < 1.29 is 19.7 Å². The highest BCUT2D eigenvalue weighted by atomic mass is 16.5. The number of aromatic hydroxyl groups is 2.